The number of hydrogen-bond acceptors (Lipinski definition) is 6. The molecule has 0 aromatic carbocycles. The van der Waals surface area contributed by atoms with Crippen molar-refractivity contribution in [3.8, 4) is 0 Å². The smallest absolute Gasteiger partial charge is 0.272 e. The summed E-state index contributed by atoms with van der Waals surface area (Å²) >= 11 is 0. The van der Waals surface area contributed by atoms with Crippen LogP contribution in [-0.2, 0) is 20.2 Å². The molecule has 0 spiro atoms. The fourth-order valence-corrected chi connectivity index (χ4v) is 2.18. The van der Waals surface area contributed by atoms with Crippen molar-refractivity contribution >= 4 is 20.2 Å². The van der Waals surface area contributed by atoms with Crippen LogP contribution in [-0.4, -0.2) is 52.9 Å². The third-order valence-electron chi connectivity index (χ3n) is 2.08. The average Bonchev–Trinajstić information content (AvgIpc) is 1.98. The molecule has 10 heteroatoms. The van der Waals surface area contributed by atoms with Crippen LogP contribution in [0, 0.1) is 0 Å². The van der Waals surface area contributed by atoms with Crippen LogP contribution in [0.4, 0.5) is 0 Å². The van der Waals surface area contributed by atoms with Crippen LogP contribution in [0.25, 0.3) is 0 Å². The Morgan fingerprint density at radius 3 is 1.62 bits per heavy atom. The molecule has 16 heavy (non-hydrogen) atoms. The van der Waals surface area contributed by atoms with Gasteiger partial charge in [0.25, 0.3) is 20.2 Å². The van der Waals surface area contributed by atoms with E-state index in [1.54, 1.807) is 0 Å². The molecule has 0 bridgehead atoms. The van der Waals surface area contributed by atoms with Gasteiger partial charge < -0.3 is 10.2 Å². The van der Waals surface area contributed by atoms with Gasteiger partial charge in [0.1, 0.15) is 5.25 Å². The maximum Gasteiger partial charge on any atom is 0.272 e. The zero-order valence-electron chi connectivity index (χ0n) is 8.38. The standard InChI is InChI=1S/C6H14O8S2/c1-4(15(9,10)11)2-3-5(6(7)8)16(12,13)14/h4-8H,2-3H2,1H3,(H,9,10,11)(H,12,13,14). The minimum Gasteiger partial charge on any atom is -0.367 e. The van der Waals surface area contributed by atoms with E-state index >= 15 is 0 Å². The first kappa shape index (κ1) is 15.7. The summed E-state index contributed by atoms with van der Waals surface area (Å²) in [4.78, 5) is 0. The first-order chi connectivity index (χ1) is 6.96. The van der Waals surface area contributed by atoms with Gasteiger partial charge in [0, 0.05) is 0 Å². The lowest BCUT2D eigenvalue weighted by molar-refractivity contribution is -0.0446. The second-order valence-electron chi connectivity index (χ2n) is 3.37. The van der Waals surface area contributed by atoms with E-state index in [1.165, 1.54) is 0 Å². The Kier molecular flexibility index (Phi) is 5.29. The molecule has 2 unspecified atom stereocenters. The lowest BCUT2D eigenvalue weighted by Gasteiger charge is -2.16. The Morgan fingerprint density at radius 2 is 1.38 bits per heavy atom. The number of aliphatic hydroxyl groups is 2. The summed E-state index contributed by atoms with van der Waals surface area (Å²) in [7, 11) is -8.99. The average molecular weight is 278 g/mol. The molecule has 0 radical (unpaired) electrons. The van der Waals surface area contributed by atoms with Gasteiger partial charge in [0.15, 0.2) is 6.29 Å². The monoisotopic (exact) mass is 278 g/mol. The van der Waals surface area contributed by atoms with Crippen molar-refractivity contribution < 1.29 is 36.2 Å². The largest absolute Gasteiger partial charge is 0.367 e. The first-order valence-electron chi connectivity index (χ1n) is 4.25. The van der Waals surface area contributed by atoms with Gasteiger partial charge in [0.05, 0.1) is 5.25 Å². The van der Waals surface area contributed by atoms with Crippen molar-refractivity contribution in [2.75, 3.05) is 0 Å². The third-order valence-corrected chi connectivity index (χ3v) is 4.58. The van der Waals surface area contributed by atoms with Gasteiger partial charge in [-0.05, 0) is 19.8 Å². The summed E-state index contributed by atoms with van der Waals surface area (Å²) in [5.74, 6) is 0. The van der Waals surface area contributed by atoms with Crippen molar-refractivity contribution in [3.63, 3.8) is 0 Å². The van der Waals surface area contributed by atoms with Crippen molar-refractivity contribution in [3.05, 3.63) is 0 Å². The molecule has 0 fully saturated rings. The van der Waals surface area contributed by atoms with E-state index in [9.17, 15) is 16.8 Å². The van der Waals surface area contributed by atoms with Gasteiger partial charge in [-0.3, -0.25) is 9.11 Å². The van der Waals surface area contributed by atoms with Crippen LogP contribution in [0.2, 0.25) is 0 Å². The Balaban J connectivity index is 4.60. The van der Waals surface area contributed by atoms with Gasteiger partial charge in [0.2, 0.25) is 0 Å². The molecule has 0 heterocycles. The topological polar surface area (TPSA) is 149 Å². The maximum atomic E-state index is 10.7. The molecule has 0 aliphatic carbocycles. The fraction of sp³-hybridized carbons (Fsp3) is 1.00. The Morgan fingerprint density at radius 1 is 0.938 bits per heavy atom. The van der Waals surface area contributed by atoms with Crippen LogP contribution < -0.4 is 0 Å². The van der Waals surface area contributed by atoms with Crippen molar-refractivity contribution in [2.45, 2.75) is 36.6 Å². The first-order valence-corrected chi connectivity index (χ1v) is 7.25. The van der Waals surface area contributed by atoms with Crippen LogP contribution in [0.1, 0.15) is 19.8 Å². The lowest BCUT2D eigenvalue weighted by atomic mass is 10.2. The third kappa shape index (κ3) is 5.18. The minimum atomic E-state index is -4.68. The van der Waals surface area contributed by atoms with Crippen LogP contribution in [0.3, 0.4) is 0 Å². The second-order valence-corrected chi connectivity index (χ2v) is 6.84. The van der Waals surface area contributed by atoms with E-state index in [-0.39, 0.29) is 6.42 Å². The van der Waals surface area contributed by atoms with Gasteiger partial charge in [-0.15, -0.1) is 0 Å². The summed E-state index contributed by atoms with van der Waals surface area (Å²) < 4.78 is 59.7. The molecule has 4 N–H and O–H groups in total. The zero-order valence-corrected chi connectivity index (χ0v) is 10.0. The number of rotatable bonds is 6. The molecule has 2 atom stereocenters. The molecule has 0 rings (SSSR count). The molecule has 98 valence electrons. The highest BCUT2D eigenvalue weighted by Gasteiger charge is 2.31. The molecular formula is C6H14O8S2. The molecular weight excluding hydrogens is 264 g/mol. The van der Waals surface area contributed by atoms with Gasteiger partial charge in [-0.2, -0.15) is 16.8 Å². The highest BCUT2D eigenvalue weighted by Crippen LogP contribution is 2.15. The molecule has 0 saturated carbocycles. The zero-order chi connectivity index (χ0) is 13.1. The lowest BCUT2D eigenvalue weighted by Crippen LogP contribution is -2.34. The van der Waals surface area contributed by atoms with E-state index in [1.807, 2.05) is 0 Å². The summed E-state index contributed by atoms with van der Waals surface area (Å²) in [6.45, 7) is 1.13. The van der Waals surface area contributed by atoms with Crippen LogP contribution in [0.5, 0.6) is 0 Å². The quantitative estimate of drug-likeness (QED) is 0.342. The highest BCUT2D eigenvalue weighted by molar-refractivity contribution is 7.86. The fourth-order valence-electron chi connectivity index (χ4n) is 1.000. The Hall–Kier alpha value is -0.260. The SMILES string of the molecule is CC(CCC(C(O)O)S(=O)(=O)O)S(=O)(=O)O. The van der Waals surface area contributed by atoms with Gasteiger partial charge >= 0.3 is 0 Å². The summed E-state index contributed by atoms with van der Waals surface area (Å²) in [5.41, 5.74) is 0. The van der Waals surface area contributed by atoms with E-state index in [4.69, 9.17) is 19.3 Å². The summed E-state index contributed by atoms with van der Waals surface area (Å²) in [5, 5.41) is 14.2. The van der Waals surface area contributed by atoms with E-state index in [0.29, 0.717) is 0 Å². The number of aliphatic hydroxyl groups excluding tert-OH is 1. The van der Waals surface area contributed by atoms with Gasteiger partial charge in [-0.25, -0.2) is 0 Å². The molecule has 0 aromatic heterocycles. The minimum absolute atomic E-state index is 0.332. The predicted octanol–water partition coefficient (Wildman–Crippen LogP) is -1.39. The predicted molar refractivity (Wildman–Crippen MR) is 53.8 cm³/mol. The molecule has 0 saturated heterocycles. The van der Waals surface area contributed by atoms with Crippen molar-refractivity contribution in [2.24, 2.45) is 0 Å². The van der Waals surface area contributed by atoms with Crippen LogP contribution in [0.15, 0.2) is 0 Å². The Bertz CT molecular complexity index is 408. The van der Waals surface area contributed by atoms with Crippen molar-refractivity contribution in [1.29, 1.82) is 0 Å². The number of hydrogen-bond donors (Lipinski definition) is 4. The highest BCUT2D eigenvalue weighted by atomic mass is 32.2. The molecule has 0 aromatic rings. The summed E-state index contributed by atoms with van der Waals surface area (Å²) in [6.07, 6.45) is -3.15. The van der Waals surface area contributed by atoms with E-state index < -0.39 is 43.4 Å². The van der Waals surface area contributed by atoms with Gasteiger partial charge in [-0.1, -0.05) is 0 Å². The van der Waals surface area contributed by atoms with E-state index in [0.717, 1.165) is 6.92 Å². The van der Waals surface area contributed by atoms with Crippen molar-refractivity contribution in [1.82, 2.24) is 0 Å². The summed E-state index contributed by atoms with van der Waals surface area (Å²) in [6, 6.07) is 0. The van der Waals surface area contributed by atoms with E-state index in [2.05, 4.69) is 0 Å². The molecule has 0 aliphatic rings. The normalized spacial score (nSPS) is 17.4. The molecule has 8 nitrogen and oxygen atoms in total. The second kappa shape index (κ2) is 5.38. The maximum absolute atomic E-state index is 10.7. The molecule has 0 aliphatic heterocycles. The Labute approximate surface area is 93.4 Å². The molecule has 0 amide bonds. The van der Waals surface area contributed by atoms with Crippen LogP contribution >= 0.6 is 0 Å².